The van der Waals surface area contributed by atoms with Crippen molar-refractivity contribution >= 4 is 15.8 Å². The van der Waals surface area contributed by atoms with Crippen LogP contribution in [-0.4, -0.2) is 30.7 Å². The van der Waals surface area contributed by atoms with Crippen LogP contribution in [-0.2, 0) is 21.1 Å². The number of aliphatic carboxylic acids is 1. The third kappa shape index (κ3) is 3.42. The molecule has 5 nitrogen and oxygen atoms in total. The highest BCUT2D eigenvalue weighted by atomic mass is 32.2. The van der Waals surface area contributed by atoms with Gasteiger partial charge in [-0.1, -0.05) is 18.2 Å². The zero-order chi connectivity index (χ0) is 14.8. The molecule has 0 bridgehead atoms. The highest BCUT2D eigenvalue weighted by Gasteiger charge is 2.07. The Morgan fingerprint density at radius 2 is 1.70 bits per heavy atom. The number of nitrogens with zero attached hydrogens (tertiary/aromatic N) is 1. The maximum atomic E-state index is 11.4. The number of carboxylic acids is 1. The van der Waals surface area contributed by atoms with Crippen LogP contribution in [0.3, 0.4) is 0 Å². The van der Waals surface area contributed by atoms with E-state index in [9.17, 15) is 13.2 Å². The van der Waals surface area contributed by atoms with Gasteiger partial charge in [0.25, 0.3) is 0 Å². The molecule has 1 aromatic carbocycles. The second-order valence-electron chi connectivity index (χ2n) is 4.41. The smallest absolute Gasteiger partial charge is 0.309 e. The number of carbonyl (C=O) groups is 1. The number of benzene rings is 1. The molecule has 2 aromatic rings. The average Bonchev–Trinajstić information content (AvgIpc) is 2.38. The fraction of sp³-hybridized carbons (Fsp3) is 0.143. The molecule has 0 saturated heterocycles. The molecule has 0 radical (unpaired) electrons. The minimum absolute atomic E-state index is 0.118. The van der Waals surface area contributed by atoms with Crippen molar-refractivity contribution in [1.82, 2.24) is 4.98 Å². The number of sulfone groups is 1. The lowest BCUT2D eigenvalue weighted by Gasteiger charge is -2.04. The highest BCUT2D eigenvalue weighted by molar-refractivity contribution is 7.90. The Labute approximate surface area is 116 Å². The molecule has 0 saturated carbocycles. The van der Waals surface area contributed by atoms with Gasteiger partial charge in [-0.3, -0.25) is 9.78 Å². The molecule has 0 aliphatic heterocycles. The van der Waals surface area contributed by atoms with Gasteiger partial charge in [-0.25, -0.2) is 8.42 Å². The average molecular weight is 291 g/mol. The molecular formula is C14H13NO4S. The van der Waals surface area contributed by atoms with Crippen molar-refractivity contribution in [1.29, 1.82) is 0 Å². The molecule has 0 unspecified atom stereocenters. The summed E-state index contributed by atoms with van der Waals surface area (Å²) in [7, 11) is -3.20. The van der Waals surface area contributed by atoms with E-state index in [0.29, 0.717) is 5.69 Å². The number of carboxylic acid groups (broad SMARTS) is 1. The van der Waals surface area contributed by atoms with Crippen molar-refractivity contribution in [2.24, 2.45) is 0 Å². The van der Waals surface area contributed by atoms with E-state index < -0.39 is 15.8 Å². The summed E-state index contributed by atoms with van der Waals surface area (Å²) in [5.74, 6) is -0.928. The number of hydrogen-bond donors (Lipinski definition) is 1. The van der Waals surface area contributed by atoms with E-state index in [0.717, 1.165) is 17.4 Å². The first-order valence-electron chi connectivity index (χ1n) is 5.83. The second-order valence-corrected chi connectivity index (χ2v) is 6.42. The van der Waals surface area contributed by atoms with Crippen LogP contribution in [0.2, 0.25) is 0 Å². The van der Waals surface area contributed by atoms with Crippen molar-refractivity contribution in [3.05, 3.63) is 48.3 Å². The van der Waals surface area contributed by atoms with E-state index in [1.807, 2.05) is 0 Å². The second kappa shape index (κ2) is 5.42. The number of rotatable bonds is 4. The van der Waals surface area contributed by atoms with Crippen molar-refractivity contribution in [3.8, 4) is 11.1 Å². The van der Waals surface area contributed by atoms with Gasteiger partial charge in [-0.2, -0.15) is 0 Å². The van der Waals surface area contributed by atoms with Gasteiger partial charge < -0.3 is 5.11 Å². The zero-order valence-electron chi connectivity index (χ0n) is 10.8. The first kappa shape index (κ1) is 14.2. The molecule has 0 atom stereocenters. The van der Waals surface area contributed by atoms with Gasteiger partial charge >= 0.3 is 5.97 Å². The van der Waals surface area contributed by atoms with Gasteiger partial charge in [0.2, 0.25) is 0 Å². The molecule has 0 amide bonds. The van der Waals surface area contributed by atoms with E-state index in [-0.39, 0.29) is 11.3 Å². The van der Waals surface area contributed by atoms with Crippen LogP contribution in [0.5, 0.6) is 0 Å². The van der Waals surface area contributed by atoms with Gasteiger partial charge in [-0.15, -0.1) is 0 Å². The van der Waals surface area contributed by atoms with E-state index in [1.165, 1.54) is 12.1 Å². The lowest BCUT2D eigenvalue weighted by atomic mass is 10.1. The normalized spacial score (nSPS) is 11.2. The van der Waals surface area contributed by atoms with Crippen molar-refractivity contribution < 1.29 is 18.3 Å². The lowest BCUT2D eigenvalue weighted by Crippen LogP contribution is -2.01. The summed E-state index contributed by atoms with van der Waals surface area (Å²) in [6.45, 7) is 0. The van der Waals surface area contributed by atoms with E-state index >= 15 is 0 Å². The molecule has 104 valence electrons. The summed E-state index contributed by atoms with van der Waals surface area (Å²) in [6.07, 6.45) is 2.62. The quantitative estimate of drug-likeness (QED) is 0.928. The third-order valence-corrected chi connectivity index (χ3v) is 3.90. The molecule has 6 heteroatoms. The molecule has 2 rings (SSSR count). The van der Waals surface area contributed by atoms with Crippen LogP contribution in [0, 0.1) is 0 Å². The lowest BCUT2D eigenvalue weighted by molar-refractivity contribution is -0.136. The Hall–Kier alpha value is -2.21. The Kier molecular flexibility index (Phi) is 3.85. The zero-order valence-corrected chi connectivity index (χ0v) is 11.6. The Balaban J connectivity index is 2.26. The number of hydrogen-bond acceptors (Lipinski definition) is 4. The fourth-order valence-electron chi connectivity index (χ4n) is 1.75. The van der Waals surface area contributed by atoms with Crippen LogP contribution in [0.4, 0.5) is 0 Å². The van der Waals surface area contributed by atoms with Crippen LogP contribution in [0.1, 0.15) is 5.69 Å². The Morgan fingerprint density at radius 3 is 2.15 bits per heavy atom. The molecule has 0 spiro atoms. The summed E-state index contributed by atoms with van der Waals surface area (Å²) >= 11 is 0. The molecule has 0 aliphatic carbocycles. The van der Waals surface area contributed by atoms with Gasteiger partial charge in [-0.05, 0) is 23.8 Å². The standard InChI is InChI=1S/C14H13NO4S/c1-20(18,19)13-6-3-10(4-7-13)11-2-5-12(15-9-11)8-14(16)17/h2-7,9H,8H2,1H3,(H,16,17). The monoisotopic (exact) mass is 291 g/mol. The van der Waals surface area contributed by atoms with Crippen molar-refractivity contribution in [3.63, 3.8) is 0 Å². The van der Waals surface area contributed by atoms with Gasteiger partial charge in [0.15, 0.2) is 9.84 Å². The predicted octanol–water partition coefficient (Wildman–Crippen LogP) is 1.78. The Morgan fingerprint density at radius 1 is 1.10 bits per heavy atom. The van der Waals surface area contributed by atoms with Gasteiger partial charge in [0.05, 0.1) is 17.0 Å². The maximum Gasteiger partial charge on any atom is 0.309 e. The number of pyridine rings is 1. The van der Waals surface area contributed by atoms with Crippen LogP contribution >= 0.6 is 0 Å². The summed E-state index contributed by atoms with van der Waals surface area (Å²) in [5, 5.41) is 8.66. The topological polar surface area (TPSA) is 84.3 Å². The SMILES string of the molecule is CS(=O)(=O)c1ccc(-c2ccc(CC(=O)O)nc2)cc1. The molecule has 0 aliphatic rings. The highest BCUT2D eigenvalue weighted by Crippen LogP contribution is 2.20. The van der Waals surface area contributed by atoms with Crippen LogP contribution < -0.4 is 0 Å². The number of aromatic nitrogens is 1. The fourth-order valence-corrected chi connectivity index (χ4v) is 2.38. The Bertz CT molecular complexity index is 719. The molecule has 1 aromatic heterocycles. The minimum atomic E-state index is -3.20. The predicted molar refractivity (Wildman–Crippen MR) is 74.1 cm³/mol. The van der Waals surface area contributed by atoms with Crippen LogP contribution in [0.25, 0.3) is 11.1 Å². The summed E-state index contributed by atoms with van der Waals surface area (Å²) < 4.78 is 22.7. The molecule has 1 heterocycles. The van der Waals surface area contributed by atoms with Crippen LogP contribution in [0.15, 0.2) is 47.5 Å². The molecule has 20 heavy (non-hydrogen) atoms. The van der Waals surface area contributed by atoms with Gasteiger partial charge in [0, 0.05) is 18.0 Å². The van der Waals surface area contributed by atoms with Gasteiger partial charge in [0.1, 0.15) is 0 Å². The third-order valence-electron chi connectivity index (χ3n) is 2.77. The first-order valence-corrected chi connectivity index (χ1v) is 7.72. The molecular weight excluding hydrogens is 278 g/mol. The molecule has 1 N–H and O–H groups in total. The maximum absolute atomic E-state index is 11.4. The largest absolute Gasteiger partial charge is 0.481 e. The minimum Gasteiger partial charge on any atom is -0.481 e. The van der Waals surface area contributed by atoms with Crippen molar-refractivity contribution in [2.75, 3.05) is 6.26 Å². The van der Waals surface area contributed by atoms with E-state index in [2.05, 4.69) is 4.98 Å². The van der Waals surface area contributed by atoms with Crippen molar-refractivity contribution in [2.45, 2.75) is 11.3 Å². The summed E-state index contributed by atoms with van der Waals surface area (Å²) in [5.41, 5.74) is 2.11. The van der Waals surface area contributed by atoms with E-state index in [4.69, 9.17) is 5.11 Å². The first-order chi connectivity index (χ1) is 9.36. The summed E-state index contributed by atoms with van der Waals surface area (Å²) in [4.78, 5) is 14.9. The summed E-state index contributed by atoms with van der Waals surface area (Å²) in [6, 6.07) is 9.88. The van der Waals surface area contributed by atoms with E-state index in [1.54, 1.807) is 30.5 Å². The molecule has 0 fully saturated rings.